The molecule has 1 aromatic carbocycles. The van der Waals surface area contributed by atoms with Crippen LogP contribution in [-0.2, 0) is 6.42 Å². The van der Waals surface area contributed by atoms with Gasteiger partial charge in [0.1, 0.15) is 17.3 Å². The smallest absolute Gasteiger partial charge is 0.153 e. The Hall–Kier alpha value is -1.88. The lowest BCUT2D eigenvalue weighted by atomic mass is 10.2. The van der Waals surface area contributed by atoms with Crippen LogP contribution < -0.4 is 10.5 Å². The summed E-state index contributed by atoms with van der Waals surface area (Å²) in [5.41, 5.74) is 7.75. The number of hydrogen-bond donors (Lipinski definition) is 1. The molecule has 2 aromatic rings. The van der Waals surface area contributed by atoms with Crippen molar-refractivity contribution in [3.05, 3.63) is 35.4 Å². The fourth-order valence-corrected chi connectivity index (χ4v) is 2.06. The van der Waals surface area contributed by atoms with Crippen LogP contribution in [0.1, 0.15) is 37.0 Å². The van der Waals surface area contributed by atoms with E-state index in [4.69, 9.17) is 10.5 Å². The van der Waals surface area contributed by atoms with Crippen molar-refractivity contribution in [3.8, 4) is 11.4 Å². The Morgan fingerprint density at radius 1 is 1.35 bits per heavy atom. The third-order valence-corrected chi connectivity index (χ3v) is 3.14. The van der Waals surface area contributed by atoms with E-state index in [-0.39, 0.29) is 5.92 Å². The molecule has 2 N–H and O–H groups in total. The zero-order valence-electron chi connectivity index (χ0n) is 12.6. The van der Waals surface area contributed by atoms with Crippen LogP contribution in [0.4, 0.5) is 0 Å². The maximum atomic E-state index is 5.68. The third kappa shape index (κ3) is 2.82. The fourth-order valence-electron chi connectivity index (χ4n) is 2.06. The number of nitrogens with two attached hydrogens (primary N) is 1. The highest BCUT2D eigenvalue weighted by Crippen LogP contribution is 2.25. The molecule has 0 bridgehead atoms. The van der Waals surface area contributed by atoms with Crippen LogP contribution in [0.3, 0.4) is 0 Å². The number of benzene rings is 1. The minimum absolute atomic E-state index is 0.281. The minimum atomic E-state index is 0.281. The maximum Gasteiger partial charge on any atom is 0.153 e. The highest BCUT2D eigenvalue weighted by molar-refractivity contribution is 5.48. The lowest BCUT2D eigenvalue weighted by Gasteiger charge is -2.11. The molecule has 0 atom stereocenters. The Bertz CT molecular complexity index is 590. The van der Waals surface area contributed by atoms with Gasteiger partial charge in [0.25, 0.3) is 0 Å². The molecule has 0 aliphatic rings. The molecule has 0 fully saturated rings. The molecule has 0 saturated heterocycles. The number of hydrogen-bond acceptors (Lipinski definition) is 4. The standard InChI is InChI=1S/C15H22N4O/c1-10(2)15-17-14(7-8-16)19(18-15)12-9-11(3)5-6-13(12)20-4/h5-6,9-10H,7-8,16H2,1-4H3. The number of ether oxygens (including phenoxy) is 1. The molecule has 1 aromatic heterocycles. The Morgan fingerprint density at radius 3 is 2.70 bits per heavy atom. The highest BCUT2D eigenvalue weighted by atomic mass is 16.5. The van der Waals surface area contributed by atoms with Crippen molar-refractivity contribution in [3.63, 3.8) is 0 Å². The number of rotatable bonds is 5. The van der Waals surface area contributed by atoms with Crippen LogP contribution in [0.5, 0.6) is 5.75 Å². The van der Waals surface area contributed by atoms with Crippen molar-refractivity contribution < 1.29 is 4.74 Å². The van der Waals surface area contributed by atoms with Crippen molar-refractivity contribution >= 4 is 0 Å². The van der Waals surface area contributed by atoms with Crippen LogP contribution in [0, 0.1) is 6.92 Å². The van der Waals surface area contributed by atoms with Gasteiger partial charge < -0.3 is 10.5 Å². The lowest BCUT2D eigenvalue weighted by Crippen LogP contribution is -2.10. The molecule has 5 nitrogen and oxygen atoms in total. The normalized spacial score (nSPS) is 11.1. The molecule has 0 aliphatic heterocycles. The zero-order chi connectivity index (χ0) is 14.7. The number of nitrogens with zero attached hydrogens (tertiary/aromatic N) is 3. The number of methoxy groups -OCH3 is 1. The molecule has 0 saturated carbocycles. The molecule has 5 heteroatoms. The first-order chi connectivity index (χ1) is 9.56. The van der Waals surface area contributed by atoms with E-state index in [1.807, 2.05) is 23.7 Å². The Kier molecular flexibility index (Phi) is 4.39. The van der Waals surface area contributed by atoms with Crippen molar-refractivity contribution in [2.24, 2.45) is 5.73 Å². The Labute approximate surface area is 119 Å². The van der Waals surface area contributed by atoms with Gasteiger partial charge in [0, 0.05) is 12.3 Å². The van der Waals surface area contributed by atoms with Crippen LogP contribution in [0.25, 0.3) is 5.69 Å². The van der Waals surface area contributed by atoms with E-state index >= 15 is 0 Å². The second-order valence-corrected chi connectivity index (χ2v) is 5.17. The van der Waals surface area contributed by atoms with Gasteiger partial charge in [-0.05, 0) is 31.2 Å². The van der Waals surface area contributed by atoms with E-state index in [0.29, 0.717) is 13.0 Å². The Morgan fingerprint density at radius 2 is 2.10 bits per heavy atom. The number of aryl methyl sites for hydroxylation is 1. The van der Waals surface area contributed by atoms with E-state index in [2.05, 4.69) is 30.0 Å². The molecule has 108 valence electrons. The summed E-state index contributed by atoms with van der Waals surface area (Å²) < 4.78 is 7.29. The van der Waals surface area contributed by atoms with Gasteiger partial charge in [-0.25, -0.2) is 9.67 Å². The van der Waals surface area contributed by atoms with Crippen LogP contribution in [0.2, 0.25) is 0 Å². The van der Waals surface area contributed by atoms with Gasteiger partial charge in [0.15, 0.2) is 5.82 Å². The maximum absolute atomic E-state index is 5.68. The van der Waals surface area contributed by atoms with Crippen LogP contribution in [-0.4, -0.2) is 28.4 Å². The van der Waals surface area contributed by atoms with Crippen LogP contribution >= 0.6 is 0 Å². The molecule has 0 unspecified atom stereocenters. The van der Waals surface area contributed by atoms with Gasteiger partial charge in [-0.2, -0.15) is 5.10 Å². The average Bonchev–Trinajstić information content (AvgIpc) is 2.83. The summed E-state index contributed by atoms with van der Waals surface area (Å²) in [4.78, 5) is 4.60. The van der Waals surface area contributed by atoms with E-state index in [1.54, 1.807) is 7.11 Å². The summed E-state index contributed by atoms with van der Waals surface area (Å²) in [5.74, 6) is 2.77. The summed E-state index contributed by atoms with van der Waals surface area (Å²) in [6, 6.07) is 6.02. The molecular weight excluding hydrogens is 252 g/mol. The van der Waals surface area contributed by atoms with Crippen molar-refractivity contribution in [2.75, 3.05) is 13.7 Å². The quantitative estimate of drug-likeness (QED) is 0.907. The fraction of sp³-hybridized carbons (Fsp3) is 0.467. The lowest BCUT2D eigenvalue weighted by molar-refractivity contribution is 0.411. The second kappa shape index (κ2) is 6.05. The van der Waals surface area contributed by atoms with Crippen molar-refractivity contribution in [1.29, 1.82) is 0 Å². The van der Waals surface area contributed by atoms with Crippen LogP contribution in [0.15, 0.2) is 18.2 Å². The summed E-state index contributed by atoms with van der Waals surface area (Å²) in [6.45, 7) is 6.76. The first-order valence-corrected chi connectivity index (χ1v) is 6.87. The third-order valence-electron chi connectivity index (χ3n) is 3.14. The summed E-state index contributed by atoms with van der Waals surface area (Å²) in [6.07, 6.45) is 0.691. The van der Waals surface area contributed by atoms with Crippen molar-refractivity contribution in [1.82, 2.24) is 14.8 Å². The van der Waals surface area contributed by atoms with Gasteiger partial charge in [-0.1, -0.05) is 19.9 Å². The van der Waals surface area contributed by atoms with Gasteiger partial charge in [-0.15, -0.1) is 0 Å². The Balaban J connectivity index is 2.58. The number of aromatic nitrogens is 3. The monoisotopic (exact) mass is 274 g/mol. The van der Waals surface area contributed by atoms with E-state index in [1.165, 1.54) is 0 Å². The van der Waals surface area contributed by atoms with E-state index in [0.717, 1.165) is 28.6 Å². The van der Waals surface area contributed by atoms with E-state index in [9.17, 15) is 0 Å². The topological polar surface area (TPSA) is 66.0 Å². The molecule has 1 heterocycles. The summed E-state index contributed by atoms with van der Waals surface area (Å²) in [7, 11) is 1.66. The second-order valence-electron chi connectivity index (χ2n) is 5.17. The SMILES string of the molecule is COc1ccc(C)cc1-n1nc(C(C)C)nc1CCN. The van der Waals surface area contributed by atoms with Crippen molar-refractivity contribution in [2.45, 2.75) is 33.1 Å². The molecule has 2 rings (SSSR count). The first kappa shape index (κ1) is 14.5. The molecule has 0 spiro atoms. The van der Waals surface area contributed by atoms with Gasteiger partial charge in [-0.3, -0.25) is 0 Å². The zero-order valence-corrected chi connectivity index (χ0v) is 12.6. The molecule has 0 radical (unpaired) electrons. The predicted molar refractivity (Wildman–Crippen MR) is 79.5 cm³/mol. The average molecular weight is 274 g/mol. The first-order valence-electron chi connectivity index (χ1n) is 6.87. The highest BCUT2D eigenvalue weighted by Gasteiger charge is 2.16. The molecular formula is C15H22N4O. The van der Waals surface area contributed by atoms with E-state index < -0.39 is 0 Å². The molecule has 0 aliphatic carbocycles. The molecule has 0 amide bonds. The van der Waals surface area contributed by atoms with Gasteiger partial charge >= 0.3 is 0 Å². The van der Waals surface area contributed by atoms with Gasteiger partial charge in [0.05, 0.1) is 7.11 Å². The summed E-state index contributed by atoms with van der Waals surface area (Å²) >= 11 is 0. The van der Waals surface area contributed by atoms with Gasteiger partial charge in [0.2, 0.25) is 0 Å². The molecule has 20 heavy (non-hydrogen) atoms. The summed E-state index contributed by atoms with van der Waals surface area (Å²) in [5, 5.41) is 4.62. The minimum Gasteiger partial charge on any atom is -0.494 e. The largest absolute Gasteiger partial charge is 0.494 e. The predicted octanol–water partition coefficient (Wildman–Crippen LogP) is 2.21.